The molecule has 0 bridgehead atoms. The first-order valence-corrected chi connectivity index (χ1v) is 6.20. The Morgan fingerprint density at radius 1 is 1.33 bits per heavy atom. The zero-order chi connectivity index (χ0) is 13.4. The van der Waals surface area contributed by atoms with Crippen molar-refractivity contribution in [2.75, 3.05) is 13.1 Å². The van der Waals surface area contributed by atoms with Gasteiger partial charge in [0.25, 0.3) is 5.91 Å². The van der Waals surface area contributed by atoms with Gasteiger partial charge in [0, 0.05) is 17.7 Å². The standard InChI is InChI=1S/C15H20N2O/c1-12(2)9-11-17-15(18)14-7-5-13(6-8-14)4-3-10-16/h5-8,12H,9-11,16H2,1-2H3,(H,17,18). The monoisotopic (exact) mass is 244 g/mol. The molecule has 1 amide bonds. The Bertz CT molecular complexity index is 438. The Kier molecular flexibility index (Phi) is 5.96. The predicted octanol–water partition coefficient (Wildman–Crippen LogP) is 1.77. The fourth-order valence-electron chi connectivity index (χ4n) is 1.43. The van der Waals surface area contributed by atoms with Crippen molar-refractivity contribution in [2.45, 2.75) is 20.3 Å². The van der Waals surface area contributed by atoms with Gasteiger partial charge in [-0.25, -0.2) is 0 Å². The number of carbonyl (C=O) groups is 1. The molecule has 3 nitrogen and oxygen atoms in total. The molecule has 1 aromatic carbocycles. The Morgan fingerprint density at radius 3 is 2.56 bits per heavy atom. The van der Waals surface area contributed by atoms with Gasteiger partial charge in [-0.1, -0.05) is 25.7 Å². The van der Waals surface area contributed by atoms with Crippen molar-refractivity contribution in [3.05, 3.63) is 35.4 Å². The van der Waals surface area contributed by atoms with Crippen LogP contribution in [0.2, 0.25) is 0 Å². The van der Waals surface area contributed by atoms with E-state index in [1.165, 1.54) is 0 Å². The van der Waals surface area contributed by atoms with Gasteiger partial charge in [0.05, 0.1) is 6.54 Å². The van der Waals surface area contributed by atoms with Gasteiger partial charge in [-0.05, 0) is 36.6 Å². The minimum atomic E-state index is -0.0333. The second-order valence-electron chi connectivity index (χ2n) is 4.52. The van der Waals surface area contributed by atoms with Gasteiger partial charge >= 0.3 is 0 Å². The van der Waals surface area contributed by atoms with E-state index in [9.17, 15) is 4.79 Å². The maximum Gasteiger partial charge on any atom is 0.251 e. The normalized spacial score (nSPS) is 9.78. The van der Waals surface area contributed by atoms with Crippen molar-refractivity contribution in [3.8, 4) is 11.8 Å². The fourth-order valence-corrected chi connectivity index (χ4v) is 1.43. The first-order valence-electron chi connectivity index (χ1n) is 6.20. The molecule has 0 spiro atoms. The topological polar surface area (TPSA) is 55.1 Å². The maximum absolute atomic E-state index is 11.8. The van der Waals surface area contributed by atoms with E-state index < -0.39 is 0 Å². The van der Waals surface area contributed by atoms with Gasteiger partial charge in [-0.15, -0.1) is 0 Å². The average molecular weight is 244 g/mol. The molecule has 0 aliphatic rings. The third-order valence-electron chi connectivity index (χ3n) is 2.49. The van der Waals surface area contributed by atoms with Crippen LogP contribution in [0.5, 0.6) is 0 Å². The molecule has 0 heterocycles. The van der Waals surface area contributed by atoms with Gasteiger partial charge in [0.2, 0.25) is 0 Å². The summed E-state index contributed by atoms with van der Waals surface area (Å²) in [5.41, 5.74) is 6.83. The van der Waals surface area contributed by atoms with Crippen LogP contribution in [0.25, 0.3) is 0 Å². The molecule has 1 aromatic rings. The van der Waals surface area contributed by atoms with Gasteiger partial charge in [-0.2, -0.15) is 0 Å². The number of hydrogen-bond acceptors (Lipinski definition) is 2. The van der Waals surface area contributed by atoms with E-state index in [2.05, 4.69) is 31.0 Å². The van der Waals surface area contributed by atoms with E-state index in [1.54, 1.807) is 12.1 Å². The molecule has 0 saturated heterocycles. The summed E-state index contributed by atoms with van der Waals surface area (Å²) in [4.78, 5) is 11.8. The summed E-state index contributed by atoms with van der Waals surface area (Å²) in [7, 11) is 0. The average Bonchev–Trinajstić information content (AvgIpc) is 2.36. The van der Waals surface area contributed by atoms with Crippen LogP contribution in [-0.2, 0) is 0 Å². The fraction of sp³-hybridized carbons (Fsp3) is 0.400. The van der Waals surface area contributed by atoms with Gasteiger partial charge in [0.1, 0.15) is 0 Å². The molecule has 0 aliphatic heterocycles. The van der Waals surface area contributed by atoms with Crippen molar-refractivity contribution in [3.63, 3.8) is 0 Å². The lowest BCUT2D eigenvalue weighted by Gasteiger charge is -2.07. The number of nitrogens with one attached hydrogen (secondary N) is 1. The highest BCUT2D eigenvalue weighted by Crippen LogP contribution is 2.04. The summed E-state index contributed by atoms with van der Waals surface area (Å²) in [5.74, 6) is 6.26. The van der Waals surface area contributed by atoms with Crippen LogP contribution >= 0.6 is 0 Å². The molecule has 0 aliphatic carbocycles. The number of benzene rings is 1. The number of carbonyl (C=O) groups excluding carboxylic acids is 1. The molecule has 0 aromatic heterocycles. The van der Waals surface area contributed by atoms with Crippen LogP contribution in [0.3, 0.4) is 0 Å². The van der Waals surface area contributed by atoms with Crippen LogP contribution < -0.4 is 11.1 Å². The lowest BCUT2D eigenvalue weighted by molar-refractivity contribution is 0.0952. The molecule has 0 radical (unpaired) electrons. The van der Waals surface area contributed by atoms with Crippen molar-refractivity contribution in [2.24, 2.45) is 11.7 Å². The number of nitrogens with two attached hydrogens (primary N) is 1. The summed E-state index contributed by atoms with van der Waals surface area (Å²) >= 11 is 0. The lowest BCUT2D eigenvalue weighted by atomic mass is 10.1. The van der Waals surface area contributed by atoms with Gasteiger partial charge in [0.15, 0.2) is 0 Å². The van der Waals surface area contributed by atoms with E-state index >= 15 is 0 Å². The van der Waals surface area contributed by atoms with Crippen LogP contribution in [0.1, 0.15) is 36.2 Å². The van der Waals surface area contributed by atoms with Crippen LogP contribution in [0.4, 0.5) is 0 Å². The van der Waals surface area contributed by atoms with Crippen LogP contribution in [0, 0.1) is 17.8 Å². The van der Waals surface area contributed by atoms with Gasteiger partial charge < -0.3 is 11.1 Å². The smallest absolute Gasteiger partial charge is 0.251 e. The molecule has 3 heteroatoms. The largest absolute Gasteiger partial charge is 0.352 e. The summed E-state index contributed by atoms with van der Waals surface area (Å²) in [5, 5.41) is 2.90. The zero-order valence-corrected chi connectivity index (χ0v) is 11.0. The highest BCUT2D eigenvalue weighted by atomic mass is 16.1. The van der Waals surface area contributed by atoms with E-state index in [0.29, 0.717) is 24.6 Å². The molecular formula is C15H20N2O. The third kappa shape index (κ3) is 5.03. The summed E-state index contributed by atoms with van der Waals surface area (Å²) < 4.78 is 0. The second-order valence-corrected chi connectivity index (χ2v) is 4.52. The third-order valence-corrected chi connectivity index (χ3v) is 2.49. The van der Waals surface area contributed by atoms with E-state index in [-0.39, 0.29) is 5.91 Å². The molecular weight excluding hydrogens is 224 g/mol. The Balaban J connectivity index is 2.54. The molecule has 18 heavy (non-hydrogen) atoms. The highest BCUT2D eigenvalue weighted by Gasteiger charge is 2.04. The minimum Gasteiger partial charge on any atom is -0.352 e. The molecule has 0 fully saturated rings. The van der Waals surface area contributed by atoms with Crippen molar-refractivity contribution in [1.82, 2.24) is 5.32 Å². The van der Waals surface area contributed by atoms with Crippen LogP contribution in [0.15, 0.2) is 24.3 Å². The second kappa shape index (κ2) is 7.52. The first-order chi connectivity index (χ1) is 8.63. The Hall–Kier alpha value is -1.79. The molecule has 1 rings (SSSR count). The maximum atomic E-state index is 11.8. The van der Waals surface area contributed by atoms with Crippen molar-refractivity contribution < 1.29 is 4.79 Å². The molecule has 0 saturated carbocycles. The summed E-state index contributed by atoms with van der Waals surface area (Å²) in [6.07, 6.45) is 0.992. The Morgan fingerprint density at radius 2 is 2.00 bits per heavy atom. The predicted molar refractivity (Wildman–Crippen MR) is 74.2 cm³/mol. The number of amides is 1. The van der Waals surface area contributed by atoms with E-state index in [1.807, 2.05) is 12.1 Å². The number of hydrogen-bond donors (Lipinski definition) is 2. The van der Waals surface area contributed by atoms with Gasteiger partial charge in [-0.3, -0.25) is 4.79 Å². The lowest BCUT2D eigenvalue weighted by Crippen LogP contribution is -2.25. The van der Waals surface area contributed by atoms with E-state index in [0.717, 1.165) is 12.0 Å². The number of rotatable bonds is 4. The minimum absolute atomic E-state index is 0.0333. The first kappa shape index (κ1) is 14.3. The van der Waals surface area contributed by atoms with E-state index in [4.69, 9.17) is 5.73 Å². The molecule has 3 N–H and O–H groups in total. The Labute approximate surface area is 109 Å². The SMILES string of the molecule is CC(C)CCNC(=O)c1ccc(C#CCN)cc1. The molecule has 96 valence electrons. The zero-order valence-electron chi connectivity index (χ0n) is 11.0. The molecule has 0 unspecified atom stereocenters. The molecule has 0 atom stereocenters. The summed E-state index contributed by atoms with van der Waals surface area (Å²) in [6.45, 7) is 5.33. The van der Waals surface area contributed by atoms with Crippen LogP contribution in [-0.4, -0.2) is 19.0 Å². The quantitative estimate of drug-likeness (QED) is 0.793. The summed E-state index contributed by atoms with van der Waals surface area (Å²) in [6, 6.07) is 7.23. The van der Waals surface area contributed by atoms with Crippen molar-refractivity contribution in [1.29, 1.82) is 0 Å². The highest BCUT2D eigenvalue weighted by molar-refractivity contribution is 5.94. The van der Waals surface area contributed by atoms with Crippen molar-refractivity contribution >= 4 is 5.91 Å².